The van der Waals surface area contributed by atoms with Gasteiger partial charge in [-0.15, -0.1) is 0 Å². The number of halogens is 2. The summed E-state index contributed by atoms with van der Waals surface area (Å²) in [7, 11) is 4.18. The molecule has 0 unspecified atom stereocenters. The van der Waals surface area contributed by atoms with E-state index in [1.807, 2.05) is 24.3 Å². The van der Waals surface area contributed by atoms with Crippen molar-refractivity contribution in [2.24, 2.45) is 0 Å². The summed E-state index contributed by atoms with van der Waals surface area (Å²) >= 11 is 12.1. The molecule has 3 heteroatoms. The van der Waals surface area contributed by atoms with Crippen LogP contribution >= 0.6 is 23.2 Å². The Bertz CT molecular complexity index is 758. The second kappa shape index (κ2) is 7.40. The highest BCUT2D eigenvalue weighted by Gasteiger charge is 2.12. The lowest BCUT2D eigenvalue weighted by Crippen LogP contribution is -2.12. The third-order valence-electron chi connectivity index (χ3n) is 3.96. The molecule has 3 rings (SSSR count). The number of hydrogen-bond acceptors (Lipinski definition) is 1. The second-order valence-corrected chi connectivity index (χ2v) is 6.96. The molecule has 0 saturated carbocycles. The van der Waals surface area contributed by atoms with Crippen molar-refractivity contribution in [3.8, 4) is 22.3 Å². The first-order valence-corrected chi connectivity index (χ1v) is 8.58. The van der Waals surface area contributed by atoms with Gasteiger partial charge in [0.15, 0.2) is 0 Å². The normalized spacial score (nSPS) is 11.0. The predicted octanol–water partition coefficient (Wildman–Crippen LogP) is 6.39. The van der Waals surface area contributed by atoms with E-state index in [2.05, 4.69) is 61.5 Å². The van der Waals surface area contributed by atoms with Gasteiger partial charge in [0.05, 0.1) is 0 Å². The average Bonchev–Trinajstić information content (AvgIpc) is 2.56. The van der Waals surface area contributed by atoms with Crippen molar-refractivity contribution in [2.45, 2.75) is 6.54 Å². The summed E-state index contributed by atoms with van der Waals surface area (Å²) in [6, 6.07) is 22.5. The monoisotopic (exact) mass is 355 g/mol. The Labute approximate surface area is 153 Å². The number of hydrogen-bond donors (Lipinski definition) is 0. The predicted molar refractivity (Wildman–Crippen MR) is 105 cm³/mol. The standard InChI is InChI=1S/C21H19Cl2N/c1-24(2)14-21-19(15-6-10-17(22)11-7-15)4-3-5-20(21)16-8-12-18(23)13-9-16/h3-13H,14H2,1-2H3. The highest BCUT2D eigenvalue weighted by Crippen LogP contribution is 2.34. The molecular weight excluding hydrogens is 337 g/mol. The molecule has 0 atom stereocenters. The van der Waals surface area contributed by atoms with Crippen LogP contribution in [-0.4, -0.2) is 19.0 Å². The van der Waals surface area contributed by atoms with Crippen molar-refractivity contribution in [3.63, 3.8) is 0 Å². The molecule has 0 fully saturated rings. The average molecular weight is 356 g/mol. The molecule has 0 aliphatic rings. The van der Waals surface area contributed by atoms with E-state index in [9.17, 15) is 0 Å². The lowest BCUT2D eigenvalue weighted by Gasteiger charge is -2.19. The largest absolute Gasteiger partial charge is 0.305 e. The number of nitrogens with zero attached hydrogens (tertiary/aromatic N) is 1. The molecule has 1 nitrogen and oxygen atoms in total. The first-order valence-electron chi connectivity index (χ1n) is 7.83. The van der Waals surface area contributed by atoms with Gasteiger partial charge < -0.3 is 4.90 Å². The molecule has 122 valence electrons. The van der Waals surface area contributed by atoms with E-state index in [1.54, 1.807) is 0 Å². The van der Waals surface area contributed by atoms with Crippen LogP contribution in [0.15, 0.2) is 66.7 Å². The third kappa shape index (κ3) is 3.81. The van der Waals surface area contributed by atoms with E-state index in [-0.39, 0.29) is 0 Å². The van der Waals surface area contributed by atoms with Crippen LogP contribution in [0.4, 0.5) is 0 Å². The third-order valence-corrected chi connectivity index (χ3v) is 4.46. The summed E-state index contributed by atoms with van der Waals surface area (Å²) in [6.07, 6.45) is 0. The van der Waals surface area contributed by atoms with Gasteiger partial charge in [0.2, 0.25) is 0 Å². The van der Waals surface area contributed by atoms with Crippen LogP contribution in [0, 0.1) is 0 Å². The lowest BCUT2D eigenvalue weighted by molar-refractivity contribution is 0.403. The molecule has 0 spiro atoms. The zero-order chi connectivity index (χ0) is 17.1. The Kier molecular flexibility index (Phi) is 5.25. The molecule has 0 bridgehead atoms. The number of rotatable bonds is 4. The topological polar surface area (TPSA) is 3.24 Å². The maximum atomic E-state index is 6.04. The van der Waals surface area contributed by atoms with Crippen molar-refractivity contribution in [1.29, 1.82) is 0 Å². The molecule has 3 aromatic carbocycles. The van der Waals surface area contributed by atoms with Gasteiger partial charge in [-0.05, 0) is 66.2 Å². The Morgan fingerprint density at radius 3 is 1.46 bits per heavy atom. The summed E-state index contributed by atoms with van der Waals surface area (Å²) in [4.78, 5) is 2.19. The Hall–Kier alpha value is -1.80. The van der Waals surface area contributed by atoms with Crippen molar-refractivity contribution in [2.75, 3.05) is 14.1 Å². The van der Waals surface area contributed by atoms with E-state index < -0.39 is 0 Å². The minimum absolute atomic E-state index is 0.752. The van der Waals surface area contributed by atoms with Gasteiger partial charge in [-0.25, -0.2) is 0 Å². The molecule has 0 amide bonds. The van der Waals surface area contributed by atoms with E-state index in [0.717, 1.165) is 16.6 Å². The minimum atomic E-state index is 0.752. The maximum absolute atomic E-state index is 6.04. The first kappa shape index (κ1) is 17.0. The van der Waals surface area contributed by atoms with Crippen LogP contribution < -0.4 is 0 Å². The van der Waals surface area contributed by atoms with E-state index >= 15 is 0 Å². The van der Waals surface area contributed by atoms with Gasteiger partial charge >= 0.3 is 0 Å². The zero-order valence-electron chi connectivity index (χ0n) is 13.8. The summed E-state index contributed by atoms with van der Waals surface area (Å²) in [5, 5.41) is 1.50. The summed E-state index contributed by atoms with van der Waals surface area (Å²) < 4.78 is 0. The van der Waals surface area contributed by atoms with Gasteiger partial charge in [-0.1, -0.05) is 65.7 Å². The minimum Gasteiger partial charge on any atom is -0.305 e. The van der Waals surface area contributed by atoms with E-state index in [0.29, 0.717) is 0 Å². The smallest absolute Gasteiger partial charge is 0.0406 e. The Balaban J connectivity index is 2.17. The molecule has 0 aromatic heterocycles. The second-order valence-electron chi connectivity index (χ2n) is 6.08. The highest BCUT2D eigenvalue weighted by atomic mass is 35.5. The zero-order valence-corrected chi connectivity index (χ0v) is 15.3. The molecule has 0 radical (unpaired) electrons. The van der Waals surface area contributed by atoms with Crippen LogP contribution in [0.2, 0.25) is 10.0 Å². The quantitative estimate of drug-likeness (QED) is 0.524. The number of benzene rings is 3. The van der Waals surface area contributed by atoms with Crippen molar-refractivity contribution < 1.29 is 0 Å². The van der Waals surface area contributed by atoms with E-state index in [4.69, 9.17) is 23.2 Å². The summed E-state index contributed by atoms with van der Waals surface area (Å²) in [5.74, 6) is 0. The Morgan fingerprint density at radius 2 is 1.08 bits per heavy atom. The summed E-state index contributed by atoms with van der Waals surface area (Å²) in [6.45, 7) is 0.858. The molecule has 24 heavy (non-hydrogen) atoms. The van der Waals surface area contributed by atoms with Crippen LogP contribution in [0.3, 0.4) is 0 Å². The van der Waals surface area contributed by atoms with Gasteiger partial charge in [0.25, 0.3) is 0 Å². The van der Waals surface area contributed by atoms with Crippen LogP contribution in [-0.2, 0) is 6.54 Å². The molecule has 0 saturated heterocycles. The molecule has 3 aromatic rings. The lowest BCUT2D eigenvalue weighted by atomic mass is 9.91. The van der Waals surface area contributed by atoms with Gasteiger partial charge in [0, 0.05) is 16.6 Å². The molecule has 0 aliphatic heterocycles. The van der Waals surface area contributed by atoms with Crippen molar-refractivity contribution >= 4 is 23.2 Å². The molecule has 0 aliphatic carbocycles. The molecule has 0 N–H and O–H groups in total. The van der Waals surface area contributed by atoms with Crippen molar-refractivity contribution in [1.82, 2.24) is 4.90 Å². The molecule has 0 heterocycles. The highest BCUT2D eigenvalue weighted by molar-refractivity contribution is 6.30. The maximum Gasteiger partial charge on any atom is 0.0406 e. The SMILES string of the molecule is CN(C)Cc1c(-c2ccc(Cl)cc2)cccc1-c1ccc(Cl)cc1. The van der Waals surface area contributed by atoms with Crippen molar-refractivity contribution in [3.05, 3.63) is 82.3 Å². The fraction of sp³-hybridized carbons (Fsp3) is 0.143. The Morgan fingerprint density at radius 1 is 0.667 bits per heavy atom. The fourth-order valence-corrected chi connectivity index (χ4v) is 3.13. The molecular formula is C21H19Cl2N. The van der Waals surface area contributed by atoms with Crippen LogP contribution in [0.5, 0.6) is 0 Å². The fourth-order valence-electron chi connectivity index (χ4n) is 2.87. The van der Waals surface area contributed by atoms with E-state index in [1.165, 1.54) is 27.8 Å². The van der Waals surface area contributed by atoms with Gasteiger partial charge in [-0.2, -0.15) is 0 Å². The van der Waals surface area contributed by atoms with Gasteiger partial charge in [-0.3, -0.25) is 0 Å². The van der Waals surface area contributed by atoms with Crippen LogP contribution in [0.1, 0.15) is 5.56 Å². The summed E-state index contributed by atoms with van der Waals surface area (Å²) in [5.41, 5.74) is 6.10. The van der Waals surface area contributed by atoms with Gasteiger partial charge in [0.1, 0.15) is 0 Å². The van der Waals surface area contributed by atoms with Crippen LogP contribution in [0.25, 0.3) is 22.3 Å². The first-order chi connectivity index (χ1) is 11.5.